The second kappa shape index (κ2) is 6.49. The normalized spacial score (nSPS) is 10.2. The standard InChI is InChI=1S/C15H16N2O3S/c1-4-20-15(19)14-17-13(9(2)21-14)11-5-7-12(8-6-11)16-10(3)18/h5-8H,4H2,1-3H3,(H,16,18). The topological polar surface area (TPSA) is 68.3 Å². The number of nitrogens with one attached hydrogen (secondary N) is 1. The third-order valence-corrected chi connectivity index (χ3v) is 3.68. The van der Waals surface area contributed by atoms with Crippen molar-refractivity contribution in [2.75, 3.05) is 11.9 Å². The van der Waals surface area contributed by atoms with Crippen molar-refractivity contribution < 1.29 is 14.3 Å². The number of aromatic nitrogens is 1. The Balaban J connectivity index is 2.25. The van der Waals surface area contributed by atoms with Crippen molar-refractivity contribution in [3.05, 3.63) is 34.2 Å². The van der Waals surface area contributed by atoms with E-state index in [-0.39, 0.29) is 5.91 Å². The van der Waals surface area contributed by atoms with E-state index in [1.165, 1.54) is 18.3 Å². The van der Waals surface area contributed by atoms with Crippen LogP contribution in [-0.4, -0.2) is 23.5 Å². The van der Waals surface area contributed by atoms with Gasteiger partial charge in [-0.2, -0.15) is 0 Å². The second-order valence-corrected chi connectivity index (χ2v) is 5.61. The molecule has 0 aliphatic heterocycles. The zero-order valence-corrected chi connectivity index (χ0v) is 12.9. The number of hydrogen-bond acceptors (Lipinski definition) is 5. The highest BCUT2D eigenvalue weighted by Crippen LogP contribution is 2.28. The Hall–Kier alpha value is -2.21. The highest BCUT2D eigenvalue weighted by Gasteiger charge is 2.16. The molecule has 21 heavy (non-hydrogen) atoms. The summed E-state index contributed by atoms with van der Waals surface area (Å²) in [5.41, 5.74) is 2.38. The Morgan fingerprint density at radius 1 is 1.29 bits per heavy atom. The van der Waals surface area contributed by atoms with Crippen molar-refractivity contribution in [2.45, 2.75) is 20.8 Å². The summed E-state index contributed by atoms with van der Waals surface area (Å²) in [7, 11) is 0. The van der Waals surface area contributed by atoms with E-state index in [0.29, 0.717) is 11.6 Å². The SMILES string of the molecule is CCOC(=O)c1nc(-c2ccc(NC(C)=O)cc2)c(C)s1. The molecule has 1 N–H and O–H groups in total. The largest absolute Gasteiger partial charge is 0.461 e. The number of amides is 1. The maximum atomic E-state index is 11.7. The molecule has 0 saturated carbocycles. The van der Waals surface area contributed by atoms with Crippen LogP contribution in [0.15, 0.2) is 24.3 Å². The zero-order valence-electron chi connectivity index (χ0n) is 12.1. The van der Waals surface area contributed by atoms with Crippen LogP contribution in [0.2, 0.25) is 0 Å². The highest BCUT2D eigenvalue weighted by atomic mass is 32.1. The third-order valence-electron chi connectivity index (χ3n) is 2.73. The molecule has 0 fully saturated rings. The van der Waals surface area contributed by atoms with Gasteiger partial charge in [-0.25, -0.2) is 9.78 Å². The molecule has 1 heterocycles. The van der Waals surface area contributed by atoms with Crippen LogP contribution in [-0.2, 0) is 9.53 Å². The average Bonchev–Trinajstić information content (AvgIpc) is 2.81. The van der Waals surface area contributed by atoms with Gasteiger partial charge in [0.1, 0.15) is 0 Å². The number of nitrogens with zero attached hydrogens (tertiary/aromatic N) is 1. The summed E-state index contributed by atoms with van der Waals surface area (Å²) in [4.78, 5) is 28.0. The van der Waals surface area contributed by atoms with Crippen molar-refractivity contribution in [1.82, 2.24) is 4.98 Å². The Bertz CT molecular complexity index is 662. The number of aryl methyl sites for hydroxylation is 1. The molecule has 0 aliphatic carbocycles. The van der Waals surface area contributed by atoms with E-state index >= 15 is 0 Å². The fraction of sp³-hybridized carbons (Fsp3) is 0.267. The quantitative estimate of drug-likeness (QED) is 0.880. The second-order valence-electron chi connectivity index (χ2n) is 4.40. The van der Waals surface area contributed by atoms with Crippen LogP contribution in [0.3, 0.4) is 0 Å². The molecule has 0 unspecified atom stereocenters. The first kappa shape index (κ1) is 15.2. The van der Waals surface area contributed by atoms with Crippen LogP contribution in [0, 0.1) is 6.92 Å². The first-order valence-electron chi connectivity index (χ1n) is 6.53. The van der Waals surface area contributed by atoms with Crippen LogP contribution >= 0.6 is 11.3 Å². The zero-order chi connectivity index (χ0) is 15.4. The van der Waals surface area contributed by atoms with E-state index in [9.17, 15) is 9.59 Å². The Labute approximate surface area is 127 Å². The molecule has 2 aromatic rings. The van der Waals surface area contributed by atoms with Crippen molar-refractivity contribution >= 4 is 28.9 Å². The first-order valence-corrected chi connectivity index (χ1v) is 7.35. The maximum absolute atomic E-state index is 11.7. The smallest absolute Gasteiger partial charge is 0.367 e. The maximum Gasteiger partial charge on any atom is 0.367 e. The first-order chi connectivity index (χ1) is 10.0. The van der Waals surface area contributed by atoms with Gasteiger partial charge in [0, 0.05) is 23.1 Å². The van der Waals surface area contributed by atoms with Gasteiger partial charge in [0.05, 0.1) is 12.3 Å². The molecule has 0 spiro atoms. The molecule has 0 aliphatic rings. The van der Waals surface area contributed by atoms with Crippen molar-refractivity contribution in [3.63, 3.8) is 0 Å². The summed E-state index contributed by atoms with van der Waals surface area (Å²) in [5.74, 6) is -0.510. The number of carbonyl (C=O) groups excluding carboxylic acids is 2. The minimum Gasteiger partial charge on any atom is -0.461 e. The minimum absolute atomic E-state index is 0.114. The number of esters is 1. The van der Waals surface area contributed by atoms with Gasteiger partial charge in [-0.15, -0.1) is 11.3 Å². The number of thiazole rings is 1. The Morgan fingerprint density at radius 2 is 1.95 bits per heavy atom. The van der Waals surface area contributed by atoms with E-state index in [1.54, 1.807) is 19.1 Å². The molecule has 6 heteroatoms. The monoisotopic (exact) mass is 304 g/mol. The Kier molecular flexibility index (Phi) is 4.70. The Morgan fingerprint density at radius 3 is 2.52 bits per heavy atom. The summed E-state index contributed by atoms with van der Waals surface area (Å²) in [5, 5.41) is 3.06. The van der Waals surface area contributed by atoms with Gasteiger partial charge >= 0.3 is 5.97 Å². The van der Waals surface area contributed by atoms with E-state index in [4.69, 9.17) is 4.74 Å². The molecule has 1 aromatic heterocycles. The summed E-state index contributed by atoms with van der Waals surface area (Å²) in [6, 6.07) is 7.34. The predicted molar refractivity (Wildman–Crippen MR) is 82.5 cm³/mol. The number of rotatable bonds is 4. The van der Waals surface area contributed by atoms with Crippen LogP contribution in [0.1, 0.15) is 28.5 Å². The lowest BCUT2D eigenvalue weighted by Gasteiger charge is -2.03. The molecule has 0 bridgehead atoms. The van der Waals surface area contributed by atoms with E-state index < -0.39 is 5.97 Å². The molecule has 0 saturated heterocycles. The minimum atomic E-state index is -0.397. The molecule has 110 valence electrons. The third kappa shape index (κ3) is 3.66. The summed E-state index contributed by atoms with van der Waals surface area (Å²) >= 11 is 1.32. The van der Waals surface area contributed by atoms with Gasteiger partial charge in [-0.3, -0.25) is 4.79 Å². The van der Waals surface area contributed by atoms with E-state index in [0.717, 1.165) is 21.8 Å². The molecule has 2 rings (SSSR count). The fourth-order valence-electron chi connectivity index (χ4n) is 1.86. The van der Waals surface area contributed by atoms with Crippen molar-refractivity contribution in [1.29, 1.82) is 0 Å². The lowest BCUT2D eigenvalue weighted by molar-refractivity contribution is -0.114. The van der Waals surface area contributed by atoms with Crippen LogP contribution < -0.4 is 5.32 Å². The van der Waals surface area contributed by atoms with E-state index in [2.05, 4.69) is 10.3 Å². The van der Waals surface area contributed by atoms with Gasteiger partial charge in [-0.1, -0.05) is 12.1 Å². The molecule has 1 aromatic carbocycles. The molecule has 0 radical (unpaired) electrons. The lowest BCUT2D eigenvalue weighted by atomic mass is 10.1. The summed E-state index contributed by atoms with van der Waals surface area (Å²) in [6.07, 6.45) is 0. The van der Waals surface area contributed by atoms with Crippen LogP contribution in [0.25, 0.3) is 11.3 Å². The summed E-state index contributed by atoms with van der Waals surface area (Å²) < 4.78 is 4.96. The fourth-order valence-corrected chi connectivity index (χ4v) is 2.69. The molecule has 0 atom stereocenters. The number of ether oxygens (including phenoxy) is 1. The number of hydrogen-bond donors (Lipinski definition) is 1. The van der Waals surface area contributed by atoms with Gasteiger partial charge in [0.2, 0.25) is 10.9 Å². The predicted octanol–water partition coefficient (Wildman–Crippen LogP) is 3.25. The van der Waals surface area contributed by atoms with E-state index in [1.807, 2.05) is 19.1 Å². The lowest BCUT2D eigenvalue weighted by Crippen LogP contribution is -2.05. The molecular formula is C15H16N2O3S. The van der Waals surface area contributed by atoms with Gasteiger partial charge in [0.15, 0.2) is 0 Å². The molecule has 5 nitrogen and oxygen atoms in total. The number of anilines is 1. The number of benzene rings is 1. The highest BCUT2D eigenvalue weighted by molar-refractivity contribution is 7.13. The van der Waals surface area contributed by atoms with Gasteiger partial charge in [-0.05, 0) is 26.0 Å². The van der Waals surface area contributed by atoms with Crippen molar-refractivity contribution in [3.8, 4) is 11.3 Å². The van der Waals surface area contributed by atoms with Crippen LogP contribution in [0.5, 0.6) is 0 Å². The molecular weight excluding hydrogens is 288 g/mol. The number of carbonyl (C=O) groups is 2. The average molecular weight is 304 g/mol. The van der Waals surface area contributed by atoms with Crippen LogP contribution in [0.4, 0.5) is 5.69 Å². The van der Waals surface area contributed by atoms with Crippen molar-refractivity contribution in [2.24, 2.45) is 0 Å². The molecule has 1 amide bonds. The van der Waals surface area contributed by atoms with Gasteiger partial charge < -0.3 is 10.1 Å². The summed E-state index contributed by atoms with van der Waals surface area (Å²) in [6.45, 7) is 5.47. The van der Waals surface area contributed by atoms with Gasteiger partial charge in [0.25, 0.3) is 0 Å².